The molecule has 28 heavy (non-hydrogen) atoms. The highest BCUT2D eigenvalue weighted by Crippen LogP contribution is 2.35. The van der Waals surface area contributed by atoms with Crippen molar-refractivity contribution in [1.82, 2.24) is 24.5 Å². The fourth-order valence-corrected chi connectivity index (χ4v) is 3.74. The molecule has 1 unspecified atom stereocenters. The first-order chi connectivity index (χ1) is 13.7. The van der Waals surface area contributed by atoms with Crippen LogP contribution in [-0.2, 0) is 11.8 Å². The van der Waals surface area contributed by atoms with Crippen LogP contribution in [0.25, 0.3) is 33.4 Å². The van der Waals surface area contributed by atoms with Crippen molar-refractivity contribution in [3.8, 4) is 22.5 Å². The van der Waals surface area contributed by atoms with E-state index in [-0.39, 0.29) is 12.0 Å². The van der Waals surface area contributed by atoms with E-state index in [4.69, 9.17) is 9.84 Å². The van der Waals surface area contributed by atoms with Gasteiger partial charge in [0.05, 0.1) is 23.6 Å². The smallest absolute Gasteiger partial charge is 0.150 e. The summed E-state index contributed by atoms with van der Waals surface area (Å²) in [6.07, 6.45) is 8.35. The summed E-state index contributed by atoms with van der Waals surface area (Å²) in [6, 6.07) is 8.68. The second-order valence-electron chi connectivity index (χ2n) is 7.08. The van der Waals surface area contributed by atoms with Gasteiger partial charge in [-0.15, -0.1) is 0 Å². The van der Waals surface area contributed by atoms with Crippen LogP contribution in [0.3, 0.4) is 0 Å². The van der Waals surface area contributed by atoms with E-state index in [1.165, 1.54) is 6.07 Å². The van der Waals surface area contributed by atoms with Gasteiger partial charge in [0.1, 0.15) is 11.5 Å². The number of nitrogens with zero attached hydrogens (tertiary/aromatic N) is 5. The summed E-state index contributed by atoms with van der Waals surface area (Å²) in [6.45, 7) is 0.711. The lowest BCUT2D eigenvalue weighted by molar-refractivity contribution is -0.0365. The highest BCUT2D eigenvalue weighted by Gasteiger charge is 2.23. The van der Waals surface area contributed by atoms with Crippen LogP contribution >= 0.6 is 0 Å². The SMILES string of the molecule is Cn1cc(-c2cc3c(-c4ccccc4F)nn(C4CCCCO4)c3cn2)cn1. The molecule has 0 amide bonds. The number of hydrogen-bond acceptors (Lipinski definition) is 4. The molecule has 1 aromatic carbocycles. The molecule has 0 radical (unpaired) electrons. The zero-order valence-corrected chi connectivity index (χ0v) is 15.5. The first-order valence-electron chi connectivity index (χ1n) is 9.44. The maximum atomic E-state index is 14.6. The molecule has 0 spiro atoms. The molecule has 4 heterocycles. The van der Waals surface area contributed by atoms with Crippen LogP contribution in [0.4, 0.5) is 4.39 Å². The highest BCUT2D eigenvalue weighted by molar-refractivity contribution is 5.95. The van der Waals surface area contributed by atoms with Crippen LogP contribution in [0.2, 0.25) is 0 Å². The van der Waals surface area contributed by atoms with Crippen molar-refractivity contribution in [1.29, 1.82) is 0 Å². The van der Waals surface area contributed by atoms with Crippen molar-refractivity contribution < 1.29 is 9.13 Å². The van der Waals surface area contributed by atoms with Gasteiger partial charge in [0.2, 0.25) is 0 Å². The van der Waals surface area contributed by atoms with E-state index in [0.717, 1.165) is 41.4 Å². The van der Waals surface area contributed by atoms with Crippen LogP contribution in [0.15, 0.2) is 48.9 Å². The maximum absolute atomic E-state index is 14.6. The van der Waals surface area contributed by atoms with Crippen LogP contribution in [0, 0.1) is 5.82 Å². The summed E-state index contributed by atoms with van der Waals surface area (Å²) in [4.78, 5) is 4.61. The van der Waals surface area contributed by atoms with Gasteiger partial charge < -0.3 is 4.74 Å². The fourth-order valence-electron chi connectivity index (χ4n) is 3.74. The van der Waals surface area contributed by atoms with Gasteiger partial charge in [-0.2, -0.15) is 10.2 Å². The standard InChI is InChI=1S/C21H20FN5O/c1-26-13-14(11-24-26)18-10-16-19(12-23-18)27(20-8-4-5-9-28-20)25-21(16)15-6-2-3-7-17(15)22/h2-3,6-7,10-13,20H,4-5,8-9H2,1H3. The van der Waals surface area contributed by atoms with Crippen molar-refractivity contribution in [3.63, 3.8) is 0 Å². The molecule has 7 heteroatoms. The first-order valence-corrected chi connectivity index (χ1v) is 9.44. The molecular weight excluding hydrogens is 357 g/mol. The Bertz CT molecular complexity index is 1140. The van der Waals surface area contributed by atoms with Crippen LogP contribution in [0.5, 0.6) is 0 Å². The Hall–Kier alpha value is -3.06. The highest BCUT2D eigenvalue weighted by atomic mass is 19.1. The lowest BCUT2D eigenvalue weighted by Gasteiger charge is -2.23. The van der Waals surface area contributed by atoms with Gasteiger partial charge >= 0.3 is 0 Å². The molecule has 1 fully saturated rings. The van der Waals surface area contributed by atoms with Crippen LogP contribution in [0.1, 0.15) is 25.5 Å². The summed E-state index contributed by atoms with van der Waals surface area (Å²) < 4.78 is 24.1. The minimum Gasteiger partial charge on any atom is -0.356 e. The summed E-state index contributed by atoms with van der Waals surface area (Å²) in [7, 11) is 1.87. The van der Waals surface area contributed by atoms with Gasteiger partial charge in [0.15, 0.2) is 6.23 Å². The third-order valence-corrected chi connectivity index (χ3v) is 5.15. The van der Waals surface area contributed by atoms with Crippen molar-refractivity contribution in [2.75, 3.05) is 6.61 Å². The summed E-state index contributed by atoms with van der Waals surface area (Å²) in [5.41, 5.74) is 3.62. The molecule has 4 aromatic rings. The first kappa shape index (κ1) is 17.1. The summed E-state index contributed by atoms with van der Waals surface area (Å²) >= 11 is 0. The van der Waals surface area contributed by atoms with Gasteiger partial charge in [-0.3, -0.25) is 9.67 Å². The molecule has 142 valence electrons. The fraction of sp³-hybridized carbons (Fsp3) is 0.286. The van der Waals surface area contributed by atoms with Crippen molar-refractivity contribution in [2.45, 2.75) is 25.5 Å². The Morgan fingerprint density at radius 1 is 1.18 bits per heavy atom. The van der Waals surface area contributed by atoms with E-state index in [1.54, 1.807) is 29.2 Å². The van der Waals surface area contributed by atoms with E-state index in [0.29, 0.717) is 17.9 Å². The number of aromatic nitrogens is 5. The molecular formula is C21H20FN5O. The van der Waals surface area contributed by atoms with Crippen molar-refractivity contribution in [2.24, 2.45) is 7.05 Å². The Kier molecular flexibility index (Phi) is 4.16. The quantitative estimate of drug-likeness (QED) is 0.533. The molecule has 6 nitrogen and oxygen atoms in total. The molecule has 3 aromatic heterocycles. The molecule has 0 N–H and O–H groups in total. The third-order valence-electron chi connectivity index (χ3n) is 5.15. The predicted molar refractivity (Wildman–Crippen MR) is 104 cm³/mol. The molecule has 0 bridgehead atoms. The Labute approximate surface area is 161 Å². The monoisotopic (exact) mass is 377 g/mol. The van der Waals surface area contributed by atoms with Gasteiger partial charge in [0.25, 0.3) is 0 Å². The summed E-state index contributed by atoms with van der Waals surface area (Å²) in [5, 5.41) is 9.85. The van der Waals surface area contributed by atoms with Crippen LogP contribution in [-0.4, -0.2) is 31.2 Å². The number of hydrogen-bond donors (Lipinski definition) is 0. The Balaban J connectivity index is 1.72. The number of ether oxygens (including phenoxy) is 1. The molecule has 5 rings (SSSR count). The zero-order valence-electron chi connectivity index (χ0n) is 15.5. The average Bonchev–Trinajstić information content (AvgIpc) is 3.32. The normalized spacial score (nSPS) is 17.3. The number of pyridine rings is 1. The van der Waals surface area contributed by atoms with Crippen molar-refractivity contribution >= 4 is 10.9 Å². The lowest BCUT2D eigenvalue weighted by Crippen LogP contribution is -2.19. The average molecular weight is 377 g/mol. The second kappa shape index (κ2) is 6.83. The van der Waals surface area contributed by atoms with E-state index >= 15 is 0 Å². The molecule has 1 saturated heterocycles. The van der Waals surface area contributed by atoms with E-state index in [1.807, 2.05) is 30.1 Å². The summed E-state index contributed by atoms with van der Waals surface area (Å²) in [5.74, 6) is -0.293. The molecule has 0 aliphatic carbocycles. The number of benzene rings is 1. The third kappa shape index (κ3) is 2.88. The molecule has 0 saturated carbocycles. The number of rotatable bonds is 3. The van der Waals surface area contributed by atoms with Gasteiger partial charge in [-0.05, 0) is 37.5 Å². The van der Waals surface area contributed by atoms with Gasteiger partial charge in [0, 0.05) is 36.4 Å². The molecule has 1 aliphatic heterocycles. The number of aryl methyl sites for hydroxylation is 1. The van der Waals surface area contributed by atoms with E-state index in [2.05, 4.69) is 10.1 Å². The maximum Gasteiger partial charge on any atom is 0.150 e. The minimum absolute atomic E-state index is 0.150. The predicted octanol–water partition coefficient (Wildman–Crippen LogP) is 4.34. The lowest BCUT2D eigenvalue weighted by atomic mass is 10.1. The van der Waals surface area contributed by atoms with E-state index < -0.39 is 0 Å². The Morgan fingerprint density at radius 2 is 2.07 bits per heavy atom. The number of halogens is 1. The molecule has 1 atom stereocenters. The van der Waals surface area contributed by atoms with Gasteiger partial charge in [-0.25, -0.2) is 9.07 Å². The van der Waals surface area contributed by atoms with E-state index in [9.17, 15) is 4.39 Å². The second-order valence-corrected chi connectivity index (χ2v) is 7.08. The van der Waals surface area contributed by atoms with Gasteiger partial charge in [-0.1, -0.05) is 12.1 Å². The largest absolute Gasteiger partial charge is 0.356 e. The Morgan fingerprint density at radius 3 is 2.82 bits per heavy atom. The number of fused-ring (bicyclic) bond motifs is 1. The molecule has 1 aliphatic rings. The van der Waals surface area contributed by atoms with Crippen molar-refractivity contribution in [3.05, 3.63) is 54.7 Å². The zero-order chi connectivity index (χ0) is 19.1. The topological polar surface area (TPSA) is 57.8 Å². The van der Waals surface area contributed by atoms with Crippen LogP contribution < -0.4 is 0 Å². The minimum atomic E-state index is -0.293.